The molecule has 0 saturated heterocycles. The first kappa shape index (κ1) is 16.2. The molecule has 6 rings (SSSR count). The molecule has 2 fully saturated rings. The lowest BCUT2D eigenvalue weighted by atomic mass is 9.79. The molecule has 1 aromatic heterocycles. The molecule has 1 amide bonds. The van der Waals surface area contributed by atoms with Gasteiger partial charge < -0.3 is 15.2 Å². The maximum atomic E-state index is 12.7. The minimum atomic E-state index is -0.303. The van der Waals surface area contributed by atoms with Gasteiger partial charge in [0.15, 0.2) is 11.4 Å². The number of fused-ring (bicyclic) bond motifs is 3. The second-order valence-corrected chi connectivity index (χ2v) is 8.59. The monoisotopic (exact) mass is 373 g/mol. The van der Waals surface area contributed by atoms with Gasteiger partial charge in [0.2, 0.25) is 5.91 Å². The number of aryl methyl sites for hydroxylation is 1. The number of anilines is 2. The van der Waals surface area contributed by atoms with Crippen LogP contribution in [0.25, 0.3) is 22.1 Å². The van der Waals surface area contributed by atoms with Crippen LogP contribution in [-0.2, 0) is 10.2 Å². The van der Waals surface area contributed by atoms with Crippen molar-refractivity contribution in [3.05, 3.63) is 41.5 Å². The molecule has 2 aliphatic carbocycles. The van der Waals surface area contributed by atoms with E-state index < -0.39 is 0 Å². The highest BCUT2D eigenvalue weighted by Crippen LogP contribution is 2.50. The van der Waals surface area contributed by atoms with Crippen molar-refractivity contribution in [2.24, 2.45) is 0 Å². The van der Waals surface area contributed by atoms with Gasteiger partial charge in [0.1, 0.15) is 0 Å². The van der Waals surface area contributed by atoms with E-state index in [9.17, 15) is 4.79 Å². The minimum absolute atomic E-state index is 0.169. The summed E-state index contributed by atoms with van der Waals surface area (Å²) in [5, 5.41) is 11.9. The molecule has 5 nitrogen and oxygen atoms in total. The van der Waals surface area contributed by atoms with E-state index in [1.807, 2.05) is 0 Å². The van der Waals surface area contributed by atoms with Gasteiger partial charge in [0.25, 0.3) is 0 Å². The van der Waals surface area contributed by atoms with Crippen molar-refractivity contribution in [2.75, 3.05) is 10.6 Å². The number of benzene rings is 2. The normalized spacial score (nSPS) is 20.0. The van der Waals surface area contributed by atoms with Crippen molar-refractivity contribution in [2.45, 2.75) is 56.9 Å². The summed E-state index contributed by atoms with van der Waals surface area (Å²) in [7, 11) is 0. The second-order valence-electron chi connectivity index (χ2n) is 8.59. The summed E-state index contributed by atoms with van der Waals surface area (Å²) in [5.41, 5.74) is 5.88. The molecule has 0 bridgehead atoms. The molecule has 2 aromatic carbocycles. The van der Waals surface area contributed by atoms with Crippen LogP contribution in [0, 0.1) is 6.92 Å². The van der Waals surface area contributed by atoms with Gasteiger partial charge in [-0.2, -0.15) is 0 Å². The topological polar surface area (TPSA) is 67.2 Å². The molecular formula is C23H23N3O2. The Labute approximate surface area is 163 Å². The Hall–Kier alpha value is -2.82. The van der Waals surface area contributed by atoms with Gasteiger partial charge in [-0.05, 0) is 61.4 Å². The zero-order chi connectivity index (χ0) is 18.9. The van der Waals surface area contributed by atoms with Crippen molar-refractivity contribution < 1.29 is 9.32 Å². The summed E-state index contributed by atoms with van der Waals surface area (Å²) in [4.78, 5) is 12.7. The van der Waals surface area contributed by atoms with E-state index in [1.54, 1.807) is 0 Å². The number of carbonyl (C=O) groups excluding carboxylic acids is 1. The third-order valence-corrected chi connectivity index (χ3v) is 6.73. The summed E-state index contributed by atoms with van der Waals surface area (Å²) in [6.45, 7) is 2.09. The van der Waals surface area contributed by atoms with Crippen LogP contribution < -0.4 is 10.6 Å². The van der Waals surface area contributed by atoms with E-state index >= 15 is 0 Å². The fourth-order valence-electron chi connectivity index (χ4n) is 5.05. The zero-order valence-corrected chi connectivity index (χ0v) is 16.0. The zero-order valence-electron chi connectivity index (χ0n) is 16.0. The molecule has 28 heavy (non-hydrogen) atoms. The van der Waals surface area contributed by atoms with Crippen LogP contribution >= 0.6 is 0 Å². The number of amides is 1. The Morgan fingerprint density at radius 3 is 2.79 bits per heavy atom. The number of nitrogens with one attached hydrogen (secondary N) is 2. The lowest BCUT2D eigenvalue weighted by molar-refractivity contribution is -0.120. The van der Waals surface area contributed by atoms with Crippen LogP contribution in [0.5, 0.6) is 0 Å². The summed E-state index contributed by atoms with van der Waals surface area (Å²) < 4.78 is 5.78. The van der Waals surface area contributed by atoms with Gasteiger partial charge >= 0.3 is 0 Å². The van der Waals surface area contributed by atoms with Crippen LogP contribution in [0.2, 0.25) is 0 Å². The quantitative estimate of drug-likeness (QED) is 0.667. The van der Waals surface area contributed by atoms with Gasteiger partial charge in [-0.3, -0.25) is 4.79 Å². The fourth-order valence-corrected chi connectivity index (χ4v) is 5.05. The second kappa shape index (κ2) is 5.60. The molecule has 0 unspecified atom stereocenters. The van der Waals surface area contributed by atoms with Crippen molar-refractivity contribution >= 4 is 28.4 Å². The highest BCUT2D eigenvalue weighted by Gasteiger charge is 2.48. The fraction of sp³-hybridized carbons (Fsp3) is 0.391. The number of nitrogens with zero attached hydrogens (tertiary/aromatic N) is 1. The molecule has 2 saturated carbocycles. The van der Waals surface area contributed by atoms with Crippen molar-refractivity contribution in [3.8, 4) is 11.1 Å². The Morgan fingerprint density at radius 1 is 1.18 bits per heavy atom. The number of hydrogen-bond donors (Lipinski definition) is 2. The maximum Gasteiger partial charge on any atom is 0.235 e. The van der Waals surface area contributed by atoms with Crippen LogP contribution in [0.3, 0.4) is 0 Å². The van der Waals surface area contributed by atoms with E-state index in [0.717, 1.165) is 70.4 Å². The number of rotatable bonds is 3. The lowest BCUT2D eigenvalue weighted by Crippen LogP contribution is -2.30. The first-order valence-electron chi connectivity index (χ1n) is 10.3. The number of aromatic nitrogens is 1. The minimum Gasteiger partial charge on any atom is -0.364 e. The average Bonchev–Trinajstić information content (AvgIpc) is 3.11. The summed E-state index contributed by atoms with van der Waals surface area (Å²) in [6.07, 6.45) is 6.55. The molecule has 142 valence electrons. The molecular weight excluding hydrogens is 350 g/mol. The van der Waals surface area contributed by atoms with Crippen molar-refractivity contribution in [3.63, 3.8) is 0 Å². The van der Waals surface area contributed by atoms with E-state index in [1.165, 1.54) is 12.8 Å². The van der Waals surface area contributed by atoms with Gasteiger partial charge in [0.05, 0.1) is 10.8 Å². The Bertz CT molecular complexity index is 1120. The van der Waals surface area contributed by atoms with Gasteiger partial charge in [-0.1, -0.05) is 36.2 Å². The van der Waals surface area contributed by atoms with E-state index in [0.29, 0.717) is 6.04 Å². The molecule has 2 heterocycles. The molecule has 0 radical (unpaired) electrons. The Balaban J connectivity index is 1.48. The third-order valence-electron chi connectivity index (χ3n) is 6.73. The maximum absolute atomic E-state index is 12.7. The number of hydrogen-bond acceptors (Lipinski definition) is 4. The third kappa shape index (κ3) is 2.19. The van der Waals surface area contributed by atoms with Crippen molar-refractivity contribution in [1.29, 1.82) is 0 Å². The van der Waals surface area contributed by atoms with Crippen LogP contribution in [0.15, 0.2) is 34.9 Å². The van der Waals surface area contributed by atoms with E-state index in [4.69, 9.17) is 4.52 Å². The lowest BCUT2D eigenvalue weighted by Gasteiger charge is -2.20. The molecule has 5 heteroatoms. The predicted octanol–water partition coefficient (Wildman–Crippen LogP) is 5.14. The molecule has 1 spiro atoms. The van der Waals surface area contributed by atoms with Gasteiger partial charge in [-0.15, -0.1) is 0 Å². The van der Waals surface area contributed by atoms with Crippen LogP contribution in [0.4, 0.5) is 11.5 Å². The van der Waals surface area contributed by atoms with E-state index in [2.05, 4.69) is 53.0 Å². The Morgan fingerprint density at radius 2 is 2.00 bits per heavy atom. The molecule has 3 aromatic rings. The largest absolute Gasteiger partial charge is 0.364 e. The smallest absolute Gasteiger partial charge is 0.235 e. The molecule has 2 N–H and O–H groups in total. The summed E-state index contributed by atoms with van der Waals surface area (Å²) >= 11 is 0. The molecule has 3 aliphatic rings. The standard InChI is InChI=1S/C23H23N3O2/c1-13-4-8-16-20(28-26-21(16)24-15-6-7-15)19(13)14-5-9-17-18(12-14)25-22(27)23(17)10-2-3-11-23/h4-5,8-9,12,15H,2-3,6-7,10-11H2,1H3,(H,24,26)(H,25,27). The average molecular weight is 373 g/mol. The Kier molecular flexibility index (Phi) is 3.23. The van der Waals surface area contributed by atoms with Crippen molar-refractivity contribution in [1.82, 2.24) is 5.16 Å². The predicted molar refractivity (Wildman–Crippen MR) is 110 cm³/mol. The number of carbonyl (C=O) groups is 1. The first-order valence-corrected chi connectivity index (χ1v) is 10.3. The molecule has 0 atom stereocenters. The highest BCUT2D eigenvalue weighted by atomic mass is 16.5. The van der Waals surface area contributed by atoms with E-state index in [-0.39, 0.29) is 11.3 Å². The summed E-state index contributed by atoms with van der Waals surface area (Å²) in [6, 6.07) is 11.1. The van der Waals surface area contributed by atoms with Gasteiger partial charge in [0, 0.05) is 17.3 Å². The highest BCUT2D eigenvalue weighted by molar-refractivity contribution is 6.08. The summed E-state index contributed by atoms with van der Waals surface area (Å²) in [5.74, 6) is 1.00. The van der Waals surface area contributed by atoms with Gasteiger partial charge in [-0.25, -0.2) is 0 Å². The van der Waals surface area contributed by atoms with Crippen LogP contribution in [-0.4, -0.2) is 17.1 Å². The first-order chi connectivity index (χ1) is 13.7. The molecule has 1 aliphatic heterocycles. The van der Waals surface area contributed by atoms with Crippen LogP contribution in [0.1, 0.15) is 49.7 Å². The SMILES string of the molecule is Cc1ccc2c(NC3CC3)noc2c1-c1ccc2c(c1)NC(=O)C21CCCC1.